The molecule has 0 saturated heterocycles. The molecule has 200 valence electrons. The second kappa shape index (κ2) is 33.6. The van der Waals surface area contributed by atoms with Gasteiger partial charge >= 0.3 is 0 Å². The lowest BCUT2D eigenvalue weighted by molar-refractivity contribution is 0.528. The zero-order valence-electron chi connectivity index (χ0n) is 24.3. The van der Waals surface area contributed by atoms with Crippen LogP contribution in [0.2, 0.25) is 0 Å². The van der Waals surface area contributed by atoms with Gasteiger partial charge in [0.05, 0.1) is 6.54 Å². The molecule has 0 bridgehead atoms. The van der Waals surface area contributed by atoms with E-state index >= 15 is 0 Å². The first-order valence-corrected chi connectivity index (χ1v) is 14.4. The number of nitrogens with one attached hydrogen (secondary N) is 3. The minimum Gasteiger partial charge on any atom is -0.315 e. The molecule has 0 amide bonds. The van der Waals surface area contributed by atoms with E-state index in [9.17, 15) is 0 Å². The highest BCUT2D eigenvalue weighted by atomic mass is 14.9. The molecule has 0 fully saturated rings. The van der Waals surface area contributed by atoms with Crippen LogP contribution < -0.4 is 16.0 Å². The molecular formula is C30H65N3. The Hall–Kier alpha value is -0.560. The maximum absolute atomic E-state index is 4.96. The summed E-state index contributed by atoms with van der Waals surface area (Å²) in [5.41, 5.74) is 0. The fourth-order valence-corrected chi connectivity index (χ4v) is 3.21. The van der Waals surface area contributed by atoms with Gasteiger partial charge in [0.15, 0.2) is 0 Å². The fraction of sp³-hybridized carbons (Fsp3) is 0.933. The Kier molecular flexibility index (Phi) is 37.7. The van der Waals surface area contributed by atoms with Crippen molar-refractivity contribution in [1.82, 2.24) is 16.0 Å². The second-order valence-electron chi connectivity index (χ2n) is 10.2. The number of hydrogen-bond acceptors (Lipinski definition) is 3. The van der Waals surface area contributed by atoms with Crippen LogP contribution in [0.3, 0.4) is 0 Å². The number of rotatable bonds is 20. The quantitative estimate of drug-likeness (QED) is 0.125. The van der Waals surface area contributed by atoms with Gasteiger partial charge in [-0.1, -0.05) is 125 Å². The molecule has 0 aliphatic heterocycles. The highest BCUT2D eigenvalue weighted by molar-refractivity contribution is 4.86. The maximum atomic E-state index is 4.96. The summed E-state index contributed by atoms with van der Waals surface area (Å²) in [4.78, 5) is 0. The van der Waals surface area contributed by atoms with E-state index in [1.807, 2.05) is 0 Å². The highest BCUT2D eigenvalue weighted by Gasteiger charge is 1.93. The summed E-state index contributed by atoms with van der Waals surface area (Å²) in [5, 5.41) is 9.95. The van der Waals surface area contributed by atoms with Gasteiger partial charge in [0.25, 0.3) is 0 Å². The molecule has 0 atom stereocenters. The van der Waals surface area contributed by atoms with Crippen LogP contribution in [0.5, 0.6) is 0 Å². The predicted octanol–water partition coefficient (Wildman–Crippen LogP) is 8.09. The van der Waals surface area contributed by atoms with Crippen molar-refractivity contribution < 1.29 is 0 Å². The molecule has 0 aromatic carbocycles. The number of hydrogen-bond donors (Lipinski definition) is 3. The van der Waals surface area contributed by atoms with E-state index in [2.05, 4.69) is 77.3 Å². The lowest BCUT2D eigenvalue weighted by Gasteiger charge is -2.07. The number of terminal acetylenes is 1. The zero-order valence-corrected chi connectivity index (χ0v) is 24.3. The van der Waals surface area contributed by atoms with Crippen LogP contribution in [-0.4, -0.2) is 37.8 Å². The van der Waals surface area contributed by atoms with Crippen molar-refractivity contribution in [3.63, 3.8) is 0 Å². The van der Waals surface area contributed by atoms with Crippen molar-refractivity contribution in [1.29, 1.82) is 0 Å². The Morgan fingerprint density at radius 1 is 0.485 bits per heavy atom. The first kappa shape index (κ1) is 37.0. The van der Waals surface area contributed by atoms with E-state index in [1.54, 1.807) is 0 Å². The molecular weight excluding hydrogens is 402 g/mol. The van der Waals surface area contributed by atoms with Gasteiger partial charge in [-0.15, -0.1) is 6.42 Å². The van der Waals surface area contributed by atoms with Crippen LogP contribution in [0.1, 0.15) is 145 Å². The largest absolute Gasteiger partial charge is 0.315 e. The average Bonchev–Trinajstić information content (AvgIpc) is 2.76. The molecule has 0 aliphatic carbocycles. The zero-order chi connectivity index (χ0) is 25.6. The third-order valence-electron chi connectivity index (χ3n) is 5.28. The minimum atomic E-state index is 0.510. The average molecular weight is 468 g/mol. The molecule has 3 nitrogen and oxygen atoms in total. The lowest BCUT2D eigenvalue weighted by atomic mass is 10.1. The first-order valence-electron chi connectivity index (χ1n) is 14.4. The summed E-state index contributed by atoms with van der Waals surface area (Å²) < 4.78 is 0. The molecule has 0 radical (unpaired) electrons. The Labute approximate surface area is 211 Å². The smallest absolute Gasteiger partial charge is 0.0575 e. The summed E-state index contributed by atoms with van der Waals surface area (Å²) in [6.45, 7) is 20.6. The first-order chi connectivity index (χ1) is 15.8. The molecule has 33 heavy (non-hydrogen) atoms. The van der Waals surface area contributed by atoms with Crippen LogP contribution in [0.4, 0.5) is 0 Å². The summed E-state index contributed by atoms with van der Waals surface area (Å²) >= 11 is 0. The lowest BCUT2D eigenvalue weighted by Crippen LogP contribution is -2.23. The van der Waals surface area contributed by atoms with Gasteiger partial charge in [-0.05, 0) is 39.8 Å². The van der Waals surface area contributed by atoms with Crippen molar-refractivity contribution in [2.24, 2.45) is 0 Å². The SMILES string of the molecule is C#CCNC(C)C.CCCCCCCCCCNC(C)C.CCCCCCCCNC(C)C. The molecule has 3 heteroatoms. The minimum absolute atomic E-state index is 0.510. The van der Waals surface area contributed by atoms with Gasteiger partial charge in [-0.2, -0.15) is 0 Å². The summed E-state index contributed by atoms with van der Waals surface area (Å²) in [6.07, 6.45) is 24.7. The third kappa shape index (κ3) is 49.6. The van der Waals surface area contributed by atoms with Crippen molar-refractivity contribution >= 4 is 0 Å². The van der Waals surface area contributed by atoms with Gasteiger partial charge < -0.3 is 16.0 Å². The van der Waals surface area contributed by atoms with Gasteiger partial charge in [0.1, 0.15) is 0 Å². The van der Waals surface area contributed by atoms with Gasteiger partial charge in [0, 0.05) is 18.1 Å². The van der Waals surface area contributed by atoms with Crippen LogP contribution in [0.25, 0.3) is 0 Å². The Morgan fingerprint density at radius 2 is 0.788 bits per heavy atom. The van der Waals surface area contributed by atoms with Crippen LogP contribution in [0.15, 0.2) is 0 Å². The normalized spacial score (nSPS) is 10.6. The summed E-state index contributed by atoms with van der Waals surface area (Å²) in [5.74, 6) is 2.49. The summed E-state index contributed by atoms with van der Waals surface area (Å²) in [6, 6.07) is 1.82. The highest BCUT2D eigenvalue weighted by Crippen LogP contribution is 2.08. The molecule has 0 rings (SSSR count). The van der Waals surface area contributed by atoms with Crippen molar-refractivity contribution in [2.75, 3.05) is 19.6 Å². The predicted molar refractivity (Wildman–Crippen MR) is 154 cm³/mol. The molecule has 0 spiro atoms. The van der Waals surface area contributed by atoms with Crippen molar-refractivity contribution in [3.8, 4) is 12.3 Å². The molecule has 3 N–H and O–H groups in total. The summed E-state index contributed by atoms with van der Waals surface area (Å²) in [7, 11) is 0. The van der Waals surface area contributed by atoms with E-state index in [1.165, 1.54) is 103 Å². The third-order valence-corrected chi connectivity index (χ3v) is 5.28. The Balaban J connectivity index is -0.000000432. The van der Waals surface area contributed by atoms with Crippen LogP contribution in [-0.2, 0) is 0 Å². The van der Waals surface area contributed by atoms with Crippen LogP contribution in [0, 0.1) is 12.3 Å². The monoisotopic (exact) mass is 468 g/mol. The molecule has 0 aromatic rings. The standard InChI is InChI=1S/C13H29N.C11H25N.C6H11N/c1-4-5-6-7-8-9-10-11-12-14-13(2)3;1-4-5-6-7-8-9-10-12-11(2)3;1-4-5-7-6(2)3/h13-14H,4-12H2,1-3H3;11-12H,4-10H2,1-3H3;1,6-7H,5H2,2-3H3. The van der Waals surface area contributed by atoms with E-state index in [0.29, 0.717) is 24.7 Å². The molecule has 0 saturated carbocycles. The van der Waals surface area contributed by atoms with Gasteiger partial charge in [-0.3, -0.25) is 0 Å². The molecule has 0 aliphatic rings. The topological polar surface area (TPSA) is 36.1 Å². The van der Waals surface area contributed by atoms with Crippen molar-refractivity contribution in [2.45, 2.75) is 163 Å². The number of unbranched alkanes of at least 4 members (excludes halogenated alkanes) is 12. The van der Waals surface area contributed by atoms with E-state index in [4.69, 9.17) is 6.42 Å². The van der Waals surface area contributed by atoms with E-state index in [-0.39, 0.29) is 0 Å². The molecule has 0 unspecified atom stereocenters. The molecule has 0 heterocycles. The molecule has 0 aromatic heterocycles. The Bertz CT molecular complexity index is 358. The Morgan fingerprint density at radius 3 is 1.03 bits per heavy atom. The van der Waals surface area contributed by atoms with Gasteiger partial charge in [-0.25, -0.2) is 0 Å². The van der Waals surface area contributed by atoms with Crippen LogP contribution >= 0.6 is 0 Å². The second-order valence-corrected chi connectivity index (χ2v) is 10.2. The van der Waals surface area contributed by atoms with E-state index < -0.39 is 0 Å². The van der Waals surface area contributed by atoms with Crippen molar-refractivity contribution in [3.05, 3.63) is 0 Å². The van der Waals surface area contributed by atoms with Gasteiger partial charge in [0.2, 0.25) is 0 Å². The fourth-order valence-electron chi connectivity index (χ4n) is 3.21. The van der Waals surface area contributed by atoms with E-state index in [0.717, 1.165) is 0 Å². The maximum Gasteiger partial charge on any atom is 0.0575 e.